The molecule has 20 heavy (non-hydrogen) atoms. The number of halogens is 4. The Balaban J connectivity index is 2.26. The molecule has 2 heterocycles. The van der Waals surface area contributed by atoms with Crippen molar-refractivity contribution >= 4 is 60.3 Å². The summed E-state index contributed by atoms with van der Waals surface area (Å²) in [6.07, 6.45) is 0. The highest BCUT2D eigenvalue weighted by atomic mass is 79.9. The molecular formula is C13H10Br2F2OS2. The first-order valence-electron chi connectivity index (χ1n) is 5.73. The molecule has 7 heteroatoms. The summed E-state index contributed by atoms with van der Waals surface area (Å²) in [5.74, 6) is -2.19. The Bertz CT molecular complexity index is 546. The van der Waals surface area contributed by atoms with Gasteiger partial charge in [0, 0.05) is 9.75 Å². The third-order valence-corrected chi connectivity index (χ3v) is 6.35. The molecule has 0 aliphatic carbocycles. The number of alkyl halides is 2. The molecule has 0 saturated carbocycles. The van der Waals surface area contributed by atoms with Crippen molar-refractivity contribution in [1.29, 1.82) is 0 Å². The number of Topliss-reactive ketones (excluding diaryl/α,β-unsaturated/α-hetero) is 1. The Morgan fingerprint density at radius 2 is 1.35 bits per heavy atom. The van der Waals surface area contributed by atoms with E-state index in [9.17, 15) is 13.6 Å². The highest BCUT2D eigenvalue weighted by molar-refractivity contribution is 9.11. The maximum atomic E-state index is 13.3. The summed E-state index contributed by atoms with van der Waals surface area (Å²) in [6.45, 7) is -1.62. The fourth-order valence-electron chi connectivity index (χ4n) is 1.86. The summed E-state index contributed by atoms with van der Waals surface area (Å²) < 4.78 is 28.2. The molecule has 0 radical (unpaired) electrons. The average Bonchev–Trinajstić information content (AvgIpc) is 3.01. The second kappa shape index (κ2) is 7.24. The fourth-order valence-corrected chi connectivity index (χ4v) is 4.88. The second-order valence-corrected chi connectivity index (χ2v) is 9.09. The molecule has 2 aromatic heterocycles. The zero-order chi connectivity index (χ0) is 14.7. The normalized spacial score (nSPS) is 14.2. The molecule has 0 spiro atoms. The Kier molecular flexibility index (Phi) is 5.89. The number of ketones is 1. The minimum Gasteiger partial charge on any atom is -0.298 e. The van der Waals surface area contributed by atoms with Crippen LogP contribution in [0.25, 0.3) is 0 Å². The van der Waals surface area contributed by atoms with Crippen molar-refractivity contribution in [2.24, 2.45) is 0 Å². The Hall–Kier alpha value is -0.110. The Morgan fingerprint density at radius 3 is 1.60 bits per heavy atom. The molecule has 0 aromatic carbocycles. The maximum absolute atomic E-state index is 13.3. The van der Waals surface area contributed by atoms with Crippen LogP contribution in [0.15, 0.2) is 31.8 Å². The monoisotopic (exact) mass is 442 g/mol. The van der Waals surface area contributed by atoms with E-state index >= 15 is 0 Å². The Morgan fingerprint density at radius 1 is 0.950 bits per heavy atom. The van der Waals surface area contributed by atoms with Gasteiger partial charge in [0.25, 0.3) is 0 Å². The topological polar surface area (TPSA) is 17.1 Å². The maximum Gasteiger partial charge on any atom is 0.154 e. The van der Waals surface area contributed by atoms with Crippen molar-refractivity contribution in [3.05, 3.63) is 41.6 Å². The average molecular weight is 444 g/mol. The van der Waals surface area contributed by atoms with Crippen LogP contribution in [0.1, 0.15) is 21.6 Å². The summed E-state index contributed by atoms with van der Waals surface area (Å²) in [5, 5.41) is 0. The summed E-state index contributed by atoms with van der Waals surface area (Å²) in [6, 6.07) is 6.94. The van der Waals surface area contributed by atoms with Crippen LogP contribution < -0.4 is 0 Å². The first-order chi connectivity index (χ1) is 9.56. The number of thiophene rings is 2. The standard InChI is InChI=1S/C13H10Br2F2OS2/c14-11-3-1-9(19-11)7(5-16)13(18)8(6-17)10-2-4-12(15)20-10/h1-4,7-8H,5-6H2. The number of hydrogen-bond acceptors (Lipinski definition) is 3. The van der Waals surface area contributed by atoms with Gasteiger partial charge in [0.2, 0.25) is 0 Å². The summed E-state index contributed by atoms with van der Waals surface area (Å²) in [5.41, 5.74) is 0. The molecule has 2 aromatic rings. The van der Waals surface area contributed by atoms with E-state index in [0.29, 0.717) is 9.75 Å². The van der Waals surface area contributed by atoms with Crippen LogP contribution in [-0.4, -0.2) is 19.1 Å². The van der Waals surface area contributed by atoms with Crippen molar-refractivity contribution in [1.82, 2.24) is 0 Å². The van der Waals surface area contributed by atoms with E-state index in [2.05, 4.69) is 31.9 Å². The number of rotatable bonds is 6. The Labute approximate surface area is 140 Å². The van der Waals surface area contributed by atoms with Crippen molar-refractivity contribution in [3.8, 4) is 0 Å². The second-order valence-electron chi connectivity index (χ2n) is 4.10. The van der Waals surface area contributed by atoms with Crippen LogP contribution in [-0.2, 0) is 4.79 Å². The minimum atomic E-state index is -0.895. The van der Waals surface area contributed by atoms with Gasteiger partial charge in [-0.15, -0.1) is 22.7 Å². The van der Waals surface area contributed by atoms with Gasteiger partial charge < -0.3 is 0 Å². The van der Waals surface area contributed by atoms with Gasteiger partial charge >= 0.3 is 0 Å². The van der Waals surface area contributed by atoms with E-state index in [1.54, 1.807) is 24.3 Å². The SMILES string of the molecule is O=C(C(CF)c1ccc(Br)s1)C(CF)c1ccc(Br)s1. The number of carbonyl (C=O) groups is 1. The third kappa shape index (κ3) is 3.55. The lowest BCUT2D eigenvalue weighted by atomic mass is 9.92. The number of carbonyl (C=O) groups excluding carboxylic acids is 1. The molecular weight excluding hydrogens is 434 g/mol. The van der Waals surface area contributed by atoms with Gasteiger partial charge in [-0.2, -0.15) is 0 Å². The van der Waals surface area contributed by atoms with Gasteiger partial charge in [0.1, 0.15) is 13.3 Å². The van der Waals surface area contributed by atoms with E-state index in [1.807, 2.05) is 0 Å². The third-order valence-electron chi connectivity index (χ3n) is 2.87. The van der Waals surface area contributed by atoms with Crippen LogP contribution >= 0.6 is 54.5 Å². The quantitative estimate of drug-likeness (QED) is 0.558. The van der Waals surface area contributed by atoms with E-state index in [4.69, 9.17) is 0 Å². The van der Waals surface area contributed by atoms with Crippen LogP contribution in [0.2, 0.25) is 0 Å². The molecule has 108 valence electrons. The summed E-state index contributed by atoms with van der Waals surface area (Å²) in [4.78, 5) is 13.7. The van der Waals surface area contributed by atoms with E-state index in [0.717, 1.165) is 7.57 Å². The van der Waals surface area contributed by atoms with Crippen molar-refractivity contribution in [2.75, 3.05) is 13.3 Å². The summed E-state index contributed by atoms with van der Waals surface area (Å²) >= 11 is 9.18. The van der Waals surface area contributed by atoms with Crippen LogP contribution in [0.3, 0.4) is 0 Å². The molecule has 0 bridgehead atoms. The van der Waals surface area contributed by atoms with Gasteiger partial charge in [-0.1, -0.05) is 0 Å². The predicted octanol–water partition coefficient (Wildman–Crippen LogP) is 5.71. The molecule has 2 unspecified atom stereocenters. The molecule has 1 nitrogen and oxygen atoms in total. The first kappa shape index (κ1) is 16.3. The van der Waals surface area contributed by atoms with Crippen LogP contribution in [0.5, 0.6) is 0 Å². The smallest absolute Gasteiger partial charge is 0.154 e. The van der Waals surface area contributed by atoms with Gasteiger partial charge in [-0.3, -0.25) is 4.79 Å². The molecule has 0 saturated heterocycles. The summed E-state index contributed by atoms with van der Waals surface area (Å²) in [7, 11) is 0. The van der Waals surface area contributed by atoms with Gasteiger partial charge in [-0.25, -0.2) is 8.78 Å². The van der Waals surface area contributed by atoms with Crippen LogP contribution in [0, 0.1) is 0 Å². The van der Waals surface area contributed by atoms with E-state index in [-0.39, 0.29) is 0 Å². The molecule has 0 fully saturated rings. The molecule has 0 amide bonds. The van der Waals surface area contributed by atoms with Gasteiger partial charge in [0.05, 0.1) is 19.4 Å². The molecule has 2 rings (SSSR count). The number of hydrogen-bond donors (Lipinski definition) is 0. The van der Waals surface area contributed by atoms with E-state index in [1.165, 1.54) is 22.7 Å². The minimum absolute atomic E-state index is 0.404. The van der Waals surface area contributed by atoms with Crippen molar-refractivity contribution in [3.63, 3.8) is 0 Å². The molecule has 0 aliphatic rings. The van der Waals surface area contributed by atoms with E-state index < -0.39 is 31.0 Å². The largest absolute Gasteiger partial charge is 0.298 e. The first-order valence-corrected chi connectivity index (χ1v) is 8.94. The molecule has 0 N–H and O–H groups in total. The van der Waals surface area contributed by atoms with Gasteiger partial charge in [0.15, 0.2) is 5.78 Å². The lowest BCUT2D eigenvalue weighted by Crippen LogP contribution is -2.22. The lowest BCUT2D eigenvalue weighted by Gasteiger charge is -2.16. The van der Waals surface area contributed by atoms with Crippen LogP contribution in [0.4, 0.5) is 8.78 Å². The van der Waals surface area contributed by atoms with Crippen molar-refractivity contribution < 1.29 is 13.6 Å². The van der Waals surface area contributed by atoms with Crippen molar-refractivity contribution in [2.45, 2.75) is 11.8 Å². The highest BCUT2D eigenvalue weighted by Gasteiger charge is 2.31. The van der Waals surface area contributed by atoms with Gasteiger partial charge in [-0.05, 0) is 56.1 Å². The zero-order valence-corrected chi connectivity index (χ0v) is 14.9. The fraction of sp³-hybridized carbons (Fsp3) is 0.308. The highest BCUT2D eigenvalue weighted by Crippen LogP contribution is 2.36. The lowest BCUT2D eigenvalue weighted by molar-refractivity contribution is -0.122. The predicted molar refractivity (Wildman–Crippen MR) is 86.5 cm³/mol. The molecule has 0 aliphatic heterocycles. The molecule has 2 atom stereocenters. The zero-order valence-electron chi connectivity index (χ0n) is 10.1.